The van der Waals surface area contributed by atoms with Crippen LogP contribution in [0.3, 0.4) is 0 Å². The van der Waals surface area contributed by atoms with E-state index in [4.69, 9.17) is 14.2 Å². The van der Waals surface area contributed by atoms with Gasteiger partial charge in [-0.3, -0.25) is 0 Å². The molecule has 4 nitrogen and oxygen atoms in total. The zero-order valence-electron chi connectivity index (χ0n) is 24.9. The Morgan fingerprint density at radius 3 is 2.09 bits per heavy atom. The first-order chi connectivity index (χ1) is 20.6. The molecule has 1 saturated heterocycles. The standard InChI is InChI=1S/C33H44F6O4/c1-2-3-4-5-6-24-20-40-32(41-21-24)25-13-9-22(10-14-25)7-8-23-11-15-26(16-12-23)33(38,39)43-27-17-18-29(28(34)19-27)42-31(37)30(35)36/h7-8,17-19,22-26,32H,2-6,9-16,20-21H2,1H3. The summed E-state index contributed by atoms with van der Waals surface area (Å²) in [6.45, 7) is 3.81. The Morgan fingerprint density at radius 1 is 0.884 bits per heavy atom. The lowest BCUT2D eigenvalue weighted by atomic mass is 9.78. The van der Waals surface area contributed by atoms with Gasteiger partial charge in [0.05, 0.1) is 19.1 Å². The van der Waals surface area contributed by atoms with Crippen molar-refractivity contribution < 1.29 is 45.3 Å². The minimum atomic E-state index is -3.55. The van der Waals surface area contributed by atoms with Crippen LogP contribution in [0.1, 0.15) is 90.4 Å². The van der Waals surface area contributed by atoms with Crippen molar-refractivity contribution >= 4 is 0 Å². The van der Waals surface area contributed by atoms with E-state index in [0.29, 0.717) is 36.7 Å². The van der Waals surface area contributed by atoms with Crippen molar-refractivity contribution in [2.45, 2.75) is 103 Å². The third kappa shape index (κ3) is 10.2. The minimum absolute atomic E-state index is 0.0927. The van der Waals surface area contributed by atoms with Crippen molar-refractivity contribution in [1.82, 2.24) is 0 Å². The van der Waals surface area contributed by atoms with E-state index in [1.807, 2.05) is 0 Å². The molecule has 2 saturated carbocycles. The molecule has 4 rings (SSSR count). The number of ether oxygens (including phenoxy) is 4. The summed E-state index contributed by atoms with van der Waals surface area (Å²) in [5, 5.41) is 0. The highest BCUT2D eigenvalue weighted by atomic mass is 19.3. The SMILES string of the molecule is CCCCCCC1COC(C2CCC(C=CC3CCC(C(F)(F)Oc4ccc(OC(F)=C(F)F)c(F)c4)CC3)CC2)OC1. The molecule has 0 N–H and O–H groups in total. The van der Waals surface area contributed by atoms with Crippen LogP contribution in [0.15, 0.2) is 42.4 Å². The van der Waals surface area contributed by atoms with Crippen LogP contribution in [0.5, 0.6) is 11.5 Å². The first-order valence-electron chi connectivity index (χ1n) is 15.8. The second-order valence-corrected chi connectivity index (χ2v) is 12.3. The van der Waals surface area contributed by atoms with Crippen molar-refractivity contribution in [3.8, 4) is 11.5 Å². The molecule has 0 radical (unpaired) electrons. The molecule has 0 unspecified atom stereocenters. The van der Waals surface area contributed by atoms with Crippen LogP contribution in [-0.2, 0) is 9.47 Å². The van der Waals surface area contributed by atoms with E-state index >= 15 is 0 Å². The third-order valence-corrected chi connectivity index (χ3v) is 9.07. The maximum absolute atomic E-state index is 14.9. The lowest BCUT2D eigenvalue weighted by Crippen LogP contribution is -2.38. The van der Waals surface area contributed by atoms with E-state index in [9.17, 15) is 26.3 Å². The highest BCUT2D eigenvalue weighted by molar-refractivity contribution is 5.34. The van der Waals surface area contributed by atoms with Crippen molar-refractivity contribution in [1.29, 1.82) is 0 Å². The van der Waals surface area contributed by atoms with E-state index in [1.165, 1.54) is 32.1 Å². The summed E-state index contributed by atoms with van der Waals surface area (Å²) >= 11 is 0. The summed E-state index contributed by atoms with van der Waals surface area (Å²) in [6, 6.07) is -0.00700. The Labute approximate surface area is 250 Å². The topological polar surface area (TPSA) is 36.9 Å². The fraction of sp³-hybridized carbons (Fsp3) is 0.697. The Bertz CT molecular complexity index is 1050. The molecular formula is C33H44F6O4. The van der Waals surface area contributed by atoms with Crippen molar-refractivity contribution in [2.75, 3.05) is 13.2 Å². The summed E-state index contributed by atoms with van der Waals surface area (Å²) in [4.78, 5) is 0. The number of halogens is 6. The number of rotatable bonds is 13. The summed E-state index contributed by atoms with van der Waals surface area (Å²) in [6.07, 6.45) is 10.2. The molecule has 1 heterocycles. The van der Waals surface area contributed by atoms with Gasteiger partial charge in [0, 0.05) is 17.9 Å². The van der Waals surface area contributed by atoms with Crippen LogP contribution in [0.25, 0.3) is 0 Å². The van der Waals surface area contributed by atoms with Gasteiger partial charge in [0.2, 0.25) is 0 Å². The molecule has 3 aliphatic rings. The van der Waals surface area contributed by atoms with Gasteiger partial charge in [-0.2, -0.15) is 22.0 Å². The number of alkyl halides is 2. The molecule has 1 aromatic carbocycles. The van der Waals surface area contributed by atoms with Crippen LogP contribution in [0.4, 0.5) is 26.3 Å². The molecular weight excluding hydrogens is 574 g/mol. The van der Waals surface area contributed by atoms with Crippen molar-refractivity contribution in [3.63, 3.8) is 0 Å². The van der Waals surface area contributed by atoms with Gasteiger partial charge in [-0.05, 0) is 81.8 Å². The quantitative estimate of drug-likeness (QED) is 0.0954. The summed E-state index contributed by atoms with van der Waals surface area (Å²) in [5.41, 5.74) is 0. The maximum Gasteiger partial charge on any atom is 0.400 e. The number of hydrogen-bond acceptors (Lipinski definition) is 4. The minimum Gasteiger partial charge on any atom is -0.432 e. The number of allylic oxidation sites excluding steroid dienone is 2. The molecule has 1 aromatic rings. The monoisotopic (exact) mass is 618 g/mol. The first-order valence-corrected chi connectivity index (χ1v) is 15.8. The number of hydrogen-bond donors (Lipinski definition) is 0. The predicted octanol–water partition coefficient (Wildman–Crippen LogP) is 10.3. The maximum atomic E-state index is 14.9. The van der Waals surface area contributed by atoms with Crippen LogP contribution < -0.4 is 9.47 Å². The fourth-order valence-electron chi connectivity index (χ4n) is 6.43. The van der Waals surface area contributed by atoms with Gasteiger partial charge in [0.1, 0.15) is 5.75 Å². The van der Waals surface area contributed by atoms with Gasteiger partial charge in [-0.25, -0.2) is 4.39 Å². The molecule has 0 spiro atoms. The molecule has 1 aliphatic heterocycles. The van der Waals surface area contributed by atoms with E-state index in [1.54, 1.807) is 0 Å². The summed E-state index contributed by atoms with van der Waals surface area (Å²) in [5.74, 6) is -2.07. The highest BCUT2D eigenvalue weighted by Gasteiger charge is 2.44. The number of unbranched alkanes of at least 4 members (excludes halogenated alkanes) is 3. The van der Waals surface area contributed by atoms with E-state index in [2.05, 4.69) is 23.8 Å². The molecule has 3 fully saturated rings. The predicted molar refractivity (Wildman–Crippen MR) is 151 cm³/mol. The van der Waals surface area contributed by atoms with Crippen molar-refractivity contribution in [3.05, 3.63) is 48.3 Å². The van der Waals surface area contributed by atoms with E-state index in [0.717, 1.165) is 51.0 Å². The Hall–Kier alpha value is -2.20. The van der Waals surface area contributed by atoms with Crippen LogP contribution in [-0.4, -0.2) is 25.6 Å². The zero-order valence-corrected chi connectivity index (χ0v) is 24.9. The van der Waals surface area contributed by atoms with Gasteiger partial charge in [-0.1, -0.05) is 44.8 Å². The Kier molecular flexibility index (Phi) is 12.7. The van der Waals surface area contributed by atoms with Crippen LogP contribution in [0.2, 0.25) is 0 Å². The average Bonchev–Trinajstić information content (AvgIpc) is 3.00. The van der Waals surface area contributed by atoms with Gasteiger partial charge < -0.3 is 18.9 Å². The average molecular weight is 619 g/mol. The molecule has 0 atom stereocenters. The first kappa shape index (κ1) is 33.7. The molecule has 2 aliphatic carbocycles. The molecule has 0 aromatic heterocycles. The lowest BCUT2D eigenvalue weighted by molar-refractivity contribution is -0.229. The fourth-order valence-corrected chi connectivity index (χ4v) is 6.43. The van der Waals surface area contributed by atoms with Gasteiger partial charge in [-0.15, -0.1) is 0 Å². The summed E-state index contributed by atoms with van der Waals surface area (Å²) < 4.78 is 102. The largest absolute Gasteiger partial charge is 0.432 e. The normalized spacial score (nSPS) is 28.5. The second-order valence-electron chi connectivity index (χ2n) is 12.3. The smallest absolute Gasteiger partial charge is 0.400 e. The van der Waals surface area contributed by atoms with Gasteiger partial charge in [0.25, 0.3) is 0 Å². The molecule has 0 bridgehead atoms. The van der Waals surface area contributed by atoms with E-state index < -0.39 is 41.4 Å². The molecule has 242 valence electrons. The molecule has 10 heteroatoms. The molecule has 43 heavy (non-hydrogen) atoms. The van der Waals surface area contributed by atoms with Gasteiger partial charge >= 0.3 is 18.2 Å². The summed E-state index contributed by atoms with van der Waals surface area (Å²) in [7, 11) is 0. The Morgan fingerprint density at radius 2 is 1.51 bits per heavy atom. The lowest BCUT2D eigenvalue weighted by Gasteiger charge is -2.37. The molecule has 0 amide bonds. The Balaban J connectivity index is 1.15. The van der Waals surface area contributed by atoms with Crippen molar-refractivity contribution in [2.24, 2.45) is 29.6 Å². The second kappa shape index (κ2) is 16.2. The third-order valence-electron chi connectivity index (χ3n) is 9.07. The van der Waals surface area contributed by atoms with Crippen LogP contribution in [0, 0.1) is 35.4 Å². The number of benzene rings is 1. The van der Waals surface area contributed by atoms with E-state index in [-0.39, 0.29) is 25.0 Å². The zero-order chi connectivity index (χ0) is 30.8. The highest BCUT2D eigenvalue weighted by Crippen LogP contribution is 2.42. The van der Waals surface area contributed by atoms with Gasteiger partial charge in [0.15, 0.2) is 17.9 Å². The van der Waals surface area contributed by atoms with Crippen LogP contribution >= 0.6 is 0 Å².